The molecule has 0 unspecified atom stereocenters. The van der Waals surface area contributed by atoms with Gasteiger partial charge >= 0.3 is 0 Å². The molecule has 0 saturated carbocycles. The normalized spacial score (nSPS) is 10.6. The molecule has 21 heavy (non-hydrogen) atoms. The number of hydrogen-bond acceptors (Lipinski definition) is 4. The molecule has 0 amide bonds. The average Bonchev–Trinajstić information content (AvgIpc) is 3.05. The number of aromatic nitrogens is 2. The van der Waals surface area contributed by atoms with E-state index in [1.807, 2.05) is 24.4 Å². The van der Waals surface area contributed by atoms with Crippen molar-refractivity contribution in [1.82, 2.24) is 9.97 Å². The Morgan fingerprint density at radius 2 is 2.24 bits per heavy atom. The lowest BCUT2D eigenvalue weighted by Crippen LogP contribution is -1.97. The van der Waals surface area contributed by atoms with Gasteiger partial charge in [0.05, 0.1) is 16.2 Å². The largest absolute Gasteiger partial charge is 0.486 e. The number of rotatable bonds is 4. The number of hydrogen-bond donors (Lipinski definition) is 2. The van der Waals surface area contributed by atoms with Crippen LogP contribution in [0.2, 0.25) is 5.02 Å². The van der Waals surface area contributed by atoms with Gasteiger partial charge in [-0.05, 0) is 18.6 Å². The smallest absolute Gasteiger partial charge is 0.140 e. The maximum absolute atomic E-state index is 6.28. The molecule has 0 atom stereocenters. The minimum absolute atomic E-state index is 0. The van der Waals surface area contributed by atoms with Gasteiger partial charge in [-0.3, -0.25) is 0 Å². The summed E-state index contributed by atoms with van der Waals surface area (Å²) in [6, 6.07) is 3.83. The van der Waals surface area contributed by atoms with Gasteiger partial charge in [-0.25, -0.2) is 4.98 Å². The number of nitrogens with two attached hydrogens (primary N) is 1. The predicted octanol–water partition coefficient (Wildman–Crippen LogP) is 4.05. The molecule has 0 spiro atoms. The Bertz CT molecular complexity index is 740. The highest BCUT2D eigenvalue weighted by Gasteiger charge is 2.11. The van der Waals surface area contributed by atoms with Crippen molar-refractivity contribution in [2.75, 3.05) is 0 Å². The van der Waals surface area contributed by atoms with E-state index >= 15 is 0 Å². The van der Waals surface area contributed by atoms with Crippen LogP contribution < -0.4 is 10.5 Å². The Hall–Kier alpha value is -1.27. The highest BCUT2D eigenvalue weighted by molar-refractivity contribution is 7.07. The molecule has 2 aromatic heterocycles. The van der Waals surface area contributed by atoms with Crippen molar-refractivity contribution in [1.29, 1.82) is 0 Å². The van der Waals surface area contributed by atoms with Gasteiger partial charge in [-0.15, -0.1) is 23.7 Å². The van der Waals surface area contributed by atoms with Gasteiger partial charge in [0, 0.05) is 34.6 Å². The lowest BCUT2D eigenvalue weighted by molar-refractivity contribution is 0.302. The highest BCUT2D eigenvalue weighted by Crippen LogP contribution is 2.33. The van der Waals surface area contributed by atoms with Gasteiger partial charge in [-0.2, -0.15) is 0 Å². The molecule has 3 rings (SSSR count). The van der Waals surface area contributed by atoms with E-state index in [2.05, 4.69) is 9.97 Å². The summed E-state index contributed by atoms with van der Waals surface area (Å²) < 4.78 is 5.73. The van der Waals surface area contributed by atoms with Crippen LogP contribution in [0.1, 0.15) is 17.0 Å². The first-order valence-corrected chi connectivity index (χ1v) is 7.51. The third kappa shape index (κ3) is 3.16. The second kappa shape index (κ2) is 6.66. The molecule has 2 heterocycles. The van der Waals surface area contributed by atoms with Crippen molar-refractivity contribution >= 4 is 46.2 Å². The molecule has 3 aromatic rings. The number of aromatic amines is 1. The number of nitrogens with zero attached hydrogens (tertiary/aromatic N) is 1. The van der Waals surface area contributed by atoms with Gasteiger partial charge in [-0.1, -0.05) is 11.6 Å². The van der Waals surface area contributed by atoms with Gasteiger partial charge in [0.25, 0.3) is 0 Å². The van der Waals surface area contributed by atoms with Crippen molar-refractivity contribution in [3.8, 4) is 5.75 Å². The summed E-state index contributed by atoms with van der Waals surface area (Å²) in [5.74, 6) is 0.650. The number of fused-ring (bicyclic) bond motifs is 1. The van der Waals surface area contributed by atoms with Gasteiger partial charge < -0.3 is 15.5 Å². The summed E-state index contributed by atoms with van der Waals surface area (Å²) in [5.41, 5.74) is 11.5. The fraction of sp³-hybridized carbons (Fsp3) is 0.214. The van der Waals surface area contributed by atoms with Crippen LogP contribution in [-0.4, -0.2) is 9.97 Å². The highest BCUT2D eigenvalue weighted by atomic mass is 35.5. The van der Waals surface area contributed by atoms with E-state index in [-0.39, 0.29) is 12.4 Å². The topological polar surface area (TPSA) is 63.9 Å². The fourth-order valence-electron chi connectivity index (χ4n) is 2.16. The first-order valence-electron chi connectivity index (χ1n) is 6.19. The zero-order chi connectivity index (χ0) is 14.1. The van der Waals surface area contributed by atoms with E-state index in [1.54, 1.807) is 16.8 Å². The molecule has 3 N–H and O–H groups in total. The van der Waals surface area contributed by atoms with E-state index in [9.17, 15) is 0 Å². The first-order chi connectivity index (χ1) is 9.69. The number of ether oxygens (including phenoxy) is 1. The van der Waals surface area contributed by atoms with E-state index in [0.717, 1.165) is 27.9 Å². The standard InChI is InChI=1S/C14H14ClN3OS.ClH/c1-8-10-2-11(15)14(3-12(10)18-13(8)4-16)19-5-9-6-20-7-17-9;/h2-3,6-7,18H,4-5,16H2,1H3;1H. The molecular formula is C14H15Cl2N3OS. The zero-order valence-electron chi connectivity index (χ0n) is 11.4. The monoisotopic (exact) mass is 343 g/mol. The number of benzene rings is 1. The van der Waals surface area contributed by atoms with Crippen LogP contribution in [0, 0.1) is 6.92 Å². The zero-order valence-corrected chi connectivity index (χ0v) is 13.7. The van der Waals surface area contributed by atoms with Gasteiger partial charge in [0.2, 0.25) is 0 Å². The summed E-state index contributed by atoms with van der Waals surface area (Å²) in [5, 5.41) is 3.63. The van der Waals surface area contributed by atoms with Gasteiger partial charge in [0.1, 0.15) is 12.4 Å². The molecule has 0 bridgehead atoms. The molecule has 0 fully saturated rings. The molecule has 0 aliphatic carbocycles. The molecule has 1 aromatic carbocycles. The lowest BCUT2D eigenvalue weighted by Gasteiger charge is -2.07. The Morgan fingerprint density at radius 3 is 2.90 bits per heavy atom. The van der Waals surface area contributed by atoms with Crippen molar-refractivity contribution < 1.29 is 4.74 Å². The van der Waals surface area contributed by atoms with Crippen LogP contribution in [0.5, 0.6) is 5.75 Å². The van der Waals surface area contributed by atoms with E-state index in [1.165, 1.54) is 0 Å². The van der Waals surface area contributed by atoms with Crippen LogP contribution in [0.3, 0.4) is 0 Å². The molecule has 7 heteroatoms. The summed E-state index contributed by atoms with van der Waals surface area (Å²) in [4.78, 5) is 7.48. The van der Waals surface area contributed by atoms with Crippen molar-refractivity contribution in [3.05, 3.63) is 45.0 Å². The molecular weight excluding hydrogens is 329 g/mol. The SMILES string of the molecule is Cc1c(CN)[nH]c2cc(OCc3cscn3)c(Cl)cc12.Cl. The second-order valence-electron chi connectivity index (χ2n) is 4.53. The van der Waals surface area contributed by atoms with Crippen LogP contribution in [-0.2, 0) is 13.2 Å². The Morgan fingerprint density at radius 1 is 1.43 bits per heavy atom. The van der Waals surface area contributed by atoms with Crippen molar-refractivity contribution in [2.45, 2.75) is 20.1 Å². The van der Waals surface area contributed by atoms with E-state index in [0.29, 0.717) is 23.9 Å². The molecule has 112 valence electrons. The molecule has 0 aliphatic rings. The molecule has 0 radical (unpaired) electrons. The number of halogens is 2. The van der Waals surface area contributed by atoms with Gasteiger partial charge in [0.15, 0.2) is 0 Å². The first kappa shape index (κ1) is 16.1. The van der Waals surface area contributed by atoms with Crippen LogP contribution in [0.15, 0.2) is 23.0 Å². The quantitative estimate of drug-likeness (QED) is 0.751. The number of H-pyrrole nitrogens is 1. The maximum Gasteiger partial charge on any atom is 0.140 e. The molecule has 4 nitrogen and oxygen atoms in total. The summed E-state index contributed by atoms with van der Waals surface area (Å²) in [7, 11) is 0. The fourth-order valence-corrected chi connectivity index (χ4v) is 2.92. The second-order valence-corrected chi connectivity index (χ2v) is 5.66. The number of thiazole rings is 1. The van der Waals surface area contributed by atoms with E-state index < -0.39 is 0 Å². The minimum atomic E-state index is 0. The Balaban J connectivity index is 0.00000161. The Labute approximate surface area is 137 Å². The third-order valence-corrected chi connectivity index (χ3v) is 4.21. The minimum Gasteiger partial charge on any atom is -0.486 e. The average molecular weight is 344 g/mol. The summed E-state index contributed by atoms with van der Waals surface area (Å²) >= 11 is 7.83. The van der Waals surface area contributed by atoms with Crippen molar-refractivity contribution in [3.63, 3.8) is 0 Å². The molecule has 0 saturated heterocycles. The number of aryl methyl sites for hydroxylation is 1. The third-order valence-electron chi connectivity index (χ3n) is 3.28. The van der Waals surface area contributed by atoms with Crippen LogP contribution in [0.4, 0.5) is 0 Å². The van der Waals surface area contributed by atoms with Crippen LogP contribution >= 0.6 is 35.3 Å². The Kier molecular flexibility index (Phi) is 5.11. The van der Waals surface area contributed by atoms with Crippen LogP contribution in [0.25, 0.3) is 10.9 Å². The maximum atomic E-state index is 6.28. The molecule has 0 aliphatic heterocycles. The summed E-state index contributed by atoms with van der Waals surface area (Å²) in [6.07, 6.45) is 0. The summed E-state index contributed by atoms with van der Waals surface area (Å²) in [6.45, 7) is 2.93. The van der Waals surface area contributed by atoms with E-state index in [4.69, 9.17) is 22.1 Å². The number of nitrogens with one attached hydrogen (secondary N) is 1. The lowest BCUT2D eigenvalue weighted by atomic mass is 10.1. The van der Waals surface area contributed by atoms with Crippen molar-refractivity contribution in [2.24, 2.45) is 5.73 Å². The predicted molar refractivity (Wildman–Crippen MR) is 89.6 cm³/mol.